The van der Waals surface area contributed by atoms with Gasteiger partial charge in [-0.15, -0.1) is 0 Å². The van der Waals surface area contributed by atoms with Crippen molar-refractivity contribution >= 4 is 32.5 Å². The van der Waals surface area contributed by atoms with Gasteiger partial charge in [-0.25, -0.2) is 4.39 Å². The number of anilines is 1. The Balaban J connectivity index is 2.09. The molecule has 5 heteroatoms. The molecule has 20 heavy (non-hydrogen) atoms. The van der Waals surface area contributed by atoms with E-state index in [1.165, 1.54) is 6.07 Å². The Labute approximate surface area is 123 Å². The number of halogens is 2. The van der Waals surface area contributed by atoms with Crippen LogP contribution in [0.2, 0.25) is 0 Å². The Kier molecular flexibility index (Phi) is 3.28. The molecule has 3 nitrogen and oxygen atoms in total. The minimum atomic E-state index is -0.437. The molecule has 2 N–H and O–H groups in total. The molecule has 0 aliphatic carbocycles. The molecular formula is C15H10BrFN2O. The fourth-order valence-corrected chi connectivity index (χ4v) is 2.27. The number of hydrogen-bond acceptors (Lipinski definition) is 3. The molecule has 0 saturated carbocycles. The first kappa shape index (κ1) is 12.9. The molecule has 0 aliphatic rings. The minimum Gasteiger partial charge on any atom is -0.454 e. The van der Waals surface area contributed by atoms with Crippen LogP contribution in [0.25, 0.3) is 10.9 Å². The van der Waals surface area contributed by atoms with Crippen LogP contribution in [0.4, 0.5) is 10.1 Å². The highest BCUT2D eigenvalue weighted by Crippen LogP contribution is 2.33. The third-order valence-electron chi connectivity index (χ3n) is 2.87. The summed E-state index contributed by atoms with van der Waals surface area (Å²) in [5.41, 5.74) is 7.07. The maximum absolute atomic E-state index is 13.8. The van der Waals surface area contributed by atoms with E-state index in [0.29, 0.717) is 21.4 Å². The molecule has 0 amide bonds. The highest BCUT2D eigenvalue weighted by atomic mass is 79.9. The number of nitrogens with two attached hydrogens (primary N) is 1. The minimum absolute atomic E-state index is 0.156. The van der Waals surface area contributed by atoms with Crippen LogP contribution >= 0.6 is 15.9 Å². The van der Waals surface area contributed by atoms with Crippen LogP contribution < -0.4 is 10.5 Å². The average Bonchev–Trinajstić information content (AvgIpc) is 2.45. The van der Waals surface area contributed by atoms with Crippen LogP contribution in [0.3, 0.4) is 0 Å². The highest BCUT2D eigenvalue weighted by molar-refractivity contribution is 9.10. The number of benzene rings is 2. The molecule has 1 aromatic heterocycles. The van der Waals surface area contributed by atoms with Crippen molar-refractivity contribution in [1.82, 2.24) is 4.98 Å². The molecule has 0 radical (unpaired) electrons. The van der Waals surface area contributed by atoms with Crippen LogP contribution in [0.1, 0.15) is 0 Å². The van der Waals surface area contributed by atoms with E-state index in [4.69, 9.17) is 10.5 Å². The summed E-state index contributed by atoms with van der Waals surface area (Å²) >= 11 is 3.21. The van der Waals surface area contributed by atoms with Gasteiger partial charge in [0.15, 0.2) is 11.6 Å². The standard InChI is InChI=1S/C15H10BrFN2O/c16-9-3-5-14(11(17)8-9)20-13-6-4-12(18)15-10(13)2-1-7-19-15/h1-8H,18H2. The summed E-state index contributed by atoms with van der Waals surface area (Å²) in [6.45, 7) is 0. The SMILES string of the molecule is Nc1ccc(Oc2ccc(Br)cc2F)c2cccnc12. The predicted molar refractivity (Wildman–Crippen MR) is 80.3 cm³/mol. The molecule has 3 aromatic rings. The Hall–Kier alpha value is -2.14. The van der Waals surface area contributed by atoms with Crippen molar-refractivity contribution in [2.45, 2.75) is 0 Å². The fourth-order valence-electron chi connectivity index (χ4n) is 1.93. The number of rotatable bonds is 2. The van der Waals surface area contributed by atoms with Crippen LogP contribution in [0, 0.1) is 5.82 Å². The van der Waals surface area contributed by atoms with Gasteiger partial charge in [-0.3, -0.25) is 4.98 Å². The lowest BCUT2D eigenvalue weighted by molar-refractivity contribution is 0.446. The van der Waals surface area contributed by atoms with E-state index in [1.807, 2.05) is 6.07 Å². The van der Waals surface area contributed by atoms with Crippen LogP contribution in [-0.2, 0) is 0 Å². The number of nitrogen functional groups attached to an aromatic ring is 1. The number of ether oxygens (including phenoxy) is 1. The third-order valence-corrected chi connectivity index (χ3v) is 3.37. The van der Waals surface area contributed by atoms with Gasteiger partial charge in [-0.1, -0.05) is 15.9 Å². The second kappa shape index (κ2) is 5.09. The number of pyridine rings is 1. The molecule has 0 saturated heterocycles. The van der Waals surface area contributed by atoms with Crippen molar-refractivity contribution in [3.8, 4) is 11.5 Å². The third kappa shape index (κ3) is 2.32. The van der Waals surface area contributed by atoms with Gasteiger partial charge in [0.2, 0.25) is 0 Å². The molecule has 3 rings (SSSR count). The van der Waals surface area contributed by atoms with Gasteiger partial charge >= 0.3 is 0 Å². The molecule has 0 aliphatic heterocycles. The molecule has 0 fully saturated rings. The number of fused-ring (bicyclic) bond motifs is 1. The van der Waals surface area contributed by atoms with Crippen LogP contribution in [0.5, 0.6) is 11.5 Å². The summed E-state index contributed by atoms with van der Waals surface area (Å²) in [4.78, 5) is 4.21. The van der Waals surface area contributed by atoms with E-state index >= 15 is 0 Å². The molecule has 100 valence electrons. The maximum atomic E-state index is 13.8. The largest absolute Gasteiger partial charge is 0.454 e. The summed E-state index contributed by atoms with van der Waals surface area (Å²) in [5, 5.41) is 0.745. The van der Waals surface area contributed by atoms with Gasteiger partial charge in [0.25, 0.3) is 0 Å². The monoisotopic (exact) mass is 332 g/mol. The van der Waals surface area contributed by atoms with Crippen LogP contribution in [0.15, 0.2) is 53.1 Å². The van der Waals surface area contributed by atoms with Crippen molar-refractivity contribution in [3.05, 3.63) is 59.0 Å². The summed E-state index contributed by atoms with van der Waals surface area (Å²) < 4.78 is 20.1. The van der Waals surface area contributed by atoms with E-state index in [1.54, 1.807) is 36.5 Å². The summed E-state index contributed by atoms with van der Waals surface area (Å²) in [6.07, 6.45) is 1.66. The first-order valence-corrected chi connectivity index (χ1v) is 6.70. The average molecular weight is 333 g/mol. The number of hydrogen-bond donors (Lipinski definition) is 1. The van der Waals surface area contributed by atoms with Crippen molar-refractivity contribution in [2.24, 2.45) is 0 Å². The van der Waals surface area contributed by atoms with Crippen molar-refractivity contribution in [3.63, 3.8) is 0 Å². The molecule has 0 unspecified atom stereocenters. The van der Waals surface area contributed by atoms with E-state index in [-0.39, 0.29) is 5.75 Å². The van der Waals surface area contributed by atoms with Gasteiger partial charge in [-0.2, -0.15) is 0 Å². The quantitative estimate of drug-likeness (QED) is 0.702. The number of aromatic nitrogens is 1. The zero-order chi connectivity index (χ0) is 14.1. The van der Waals surface area contributed by atoms with Gasteiger partial charge in [-0.05, 0) is 42.5 Å². The molecule has 0 bridgehead atoms. The lowest BCUT2D eigenvalue weighted by Gasteiger charge is -2.10. The van der Waals surface area contributed by atoms with E-state index < -0.39 is 5.82 Å². The van der Waals surface area contributed by atoms with Gasteiger partial charge < -0.3 is 10.5 Å². The van der Waals surface area contributed by atoms with Crippen LogP contribution in [-0.4, -0.2) is 4.98 Å². The maximum Gasteiger partial charge on any atom is 0.166 e. The van der Waals surface area contributed by atoms with Crippen molar-refractivity contribution in [2.75, 3.05) is 5.73 Å². The molecular weight excluding hydrogens is 323 g/mol. The fraction of sp³-hybridized carbons (Fsp3) is 0. The van der Waals surface area contributed by atoms with E-state index in [9.17, 15) is 4.39 Å². The summed E-state index contributed by atoms with van der Waals surface area (Å²) in [6, 6.07) is 11.7. The zero-order valence-corrected chi connectivity index (χ0v) is 11.9. The predicted octanol–water partition coefficient (Wildman–Crippen LogP) is 4.51. The van der Waals surface area contributed by atoms with E-state index in [0.717, 1.165) is 5.39 Å². The van der Waals surface area contributed by atoms with Crippen molar-refractivity contribution < 1.29 is 9.13 Å². The molecule has 1 heterocycles. The Morgan fingerprint density at radius 2 is 1.90 bits per heavy atom. The smallest absolute Gasteiger partial charge is 0.166 e. The normalized spacial score (nSPS) is 10.7. The first-order valence-electron chi connectivity index (χ1n) is 5.91. The molecule has 0 spiro atoms. The summed E-state index contributed by atoms with van der Waals surface area (Å²) in [7, 11) is 0. The Morgan fingerprint density at radius 3 is 2.70 bits per heavy atom. The topological polar surface area (TPSA) is 48.1 Å². The Morgan fingerprint density at radius 1 is 1.10 bits per heavy atom. The molecule has 2 aromatic carbocycles. The highest BCUT2D eigenvalue weighted by Gasteiger charge is 2.10. The van der Waals surface area contributed by atoms with Crippen molar-refractivity contribution in [1.29, 1.82) is 0 Å². The summed E-state index contributed by atoms with van der Waals surface area (Å²) in [5.74, 6) is 0.236. The van der Waals surface area contributed by atoms with Gasteiger partial charge in [0, 0.05) is 16.1 Å². The second-order valence-corrected chi connectivity index (χ2v) is 5.14. The zero-order valence-electron chi connectivity index (χ0n) is 10.3. The second-order valence-electron chi connectivity index (χ2n) is 4.23. The Bertz CT molecular complexity index is 792. The van der Waals surface area contributed by atoms with Gasteiger partial charge in [0.1, 0.15) is 5.75 Å². The van der Waals surface area contributed by atoms with E-state index in [2.05, 4.69) is 20.9 Å². The van der Waals surface area contributed by atoms with Gasteiger partial charge in [0.05, 0.1) is 11.2 Å². The first-order chi connectivity index (χ1) is 9.65. The molecule has 0 atom stereocenters. The lowest BCUT2D eigenvalue weighted by Crippen LogP contribution is -1.93. The number of nitrogens with zero attached hydrogens (tertiary/aromatic N) is 1. The lowest BCUT2D eigenvalue weighted by atomic mass is 10.1.